The van der Waals surface area contributed by atoms with Crippen LogP contribution in [0.25, 0.3) is 11.0 Å². The van der Waals surface area contributed by atoms with E-state index in [1.54, 1.807) is 24.3 Å². The van der Waals surface area contributed by atoms with Gasteiger partial charge >= 0.3 is 11.8 Å². The van der Waals surface area contributed by atoms with Crippen LogP contribution in [0, 0.1) is 0 Å². The molecular formula is C14H8F3NO2S. The Morgan fingerprint density at radius 3 is 2.76 bits per heavy atom. The Balaban J connectivity index is 2.15. The van der Waals surface area contributed by atoms with Crippen LogP contribution in [0.3, 0.4) is 0 Å². The third kappa shape index (κ3) is 2.82. The van der Waals surface area contributed by atoms with Crippen LogP contribution in [0.5, 0.6) is 0 Å². The van der Waals surface area contributed by atoms with Gasteiger partial charge in [0.15, 0.2) is 0 Å². The van der Waals surface area contributed by atoms with Gasteiger partial charge in [-0.05, 0) is 17.5 Å². The first-order valence-corrected chi connectivity index (χ1v) is 7.21. The molecule has 1 aliphatic heterocycles. The smallest absolute Gasteiger partial charge is 0.415 e. The number of benzene rings is 1. The topological polar surface area (TPSA) is 42.6 Å². The van der Waals surface area contributed by atoms with Crippen molar-refractivity contribution in [2.45, 2.75) is 6.18 Å². The van der Waals surface area contributed by atoms with Gasteiger partial charge in [0, 0.05) is 11.6 Å². The van der Waals surface area contributed by atoms with E-state index >= 15 is 0 Å². The number of fused-ring (bicyclic) bond motifs is 1. The number of aliphatic imine (C=N–C) groups is 1. The van der Waals surface area contributed by atoms with E-state index in [2.05, 4.69) is 4.99 Å². The zero-order chi connectivity index (χ0) is 15.0. The van der Waals surface area contributed by atoms with Gasteiger partial charge in [-0.15, -0.1) is 10.5 Å². The molecule has 2 heterocycles. The van der Waals surface area contributed by atoms with Gasteiger partial charge in [-0.2, -0.15) is 13.2 Å². The lowest BCUT2D eigenvalue weighted by Gasteiger charge is -2.06. The van der Waals surface area contributed by atoms with Gasteiger partial charge in [0.1, 0.15) is 10.6 Å². The summed E-state index contributed by atoms with van der Waals surface area (Å²) in [6, 6.07) is 8.31. The van der Waals surface area contributed by atoms with Gasteiger partial charge in [-0.1, -0.05) is 18.2 Å². The van der Waals surface area contributed by atoms with Gasteiger partial charge < -0.3 is 4.42 Å². The predicted octanol–water partition coefficient (Wildman–Crippen LogP) is 3.66. The fraction of sp³-hybridized carbons (Fsp3) is 0.0714. The molecule has 0 spiro atoms. The number of halogens is 3. The van der Waals surface area contributed by atoms with E-state index in [1.165, 1.54) is 17.7 Å². The highest BCUT2D eigenvalue weighted by atomic mass is 32.2. The lowest BCUT2D eigenvalue weighted by atomic mass is 10.2. The molecule has 7 heteroatoms. The highest BCUT2D eigenvalue weighted by Crippen LogP contribution is 2.30. The molecule has 0 saturated carbocycles. The Bertz CT molecular complexity index is 862. The first-order valence-electron chi connectivity index (χ1n) is 5.86. The Hall–Kier alpha value is -2.15. The van der Waals surface area contributed by atoms with Crippen LogP contribution in [0.15, 0.2) is 56.1 Å². The van der Waals surface area contributed by atoms with Crippen molar-refractivity contribution in [3.8, 4) is 0 Å². The van der Waals surface area contributed by atoms with Gasteiger partial charge in [-0.3, -0.25) is 0 Å². The lowest BCUT2D eigenvalue weighted by molar-refractivity contribution is -0.0515. The average Bonchev–Trinajstić information content (AvgIpc) is 2.83. The Labute approximate surface area is 119 Å². The quantitative estimate of drug-likeness (QED) is 0.596. The molecule has 0 amide bonds. The molecular weight excluding hydrogens is 303 g/mol. The van der Waals surface area contributed by atoms with Crippen molar-refractivity contribution in [1.29, 1.82) is 0 Å². The molecule has 0 aliphatic carbocycles. The molecule has 0 radical (unpaired) electrons. The molecule has 3 rings (SSSR count). The summed E-state index contributed by atoms with van der Waals surface area (Å²) in [5, 5.41) is 2.26. The third-order valence-corrected chi connectivity index (χ3v) is 4.46. The summed E-state index contributed by atoms with van der Waals surface area (Å²) >= 11 is 0. The zero-order valence-electron chi connectivity index (χ0n) is 10.4. The number of rotatable bonds is 1. The van der Waals surface area contributed by atoms with Crippen LogP contribution >= 0.6 is 10.5 Å². The zero-order valence-corrected chi connectivity index (χ0v) is 11.2. The van der Waals surface area contributed by atoms with Gasteiger partial charge in [0.2, 0.25) is 0 Å². The van der Waals surface area contributed by atoms with Gasteiger partial charge in [-0.25, -0.2) is 9.79 Å². The molecule has 2 aromatic rings. The van der Waals surface area contributed by atoms with Gasteiger partial charge in [0.05, 0.1) is 10.9 Å². The third-order valence-electron chi connectivity index (χ3n) is 2.75. The highest BCUT2D eigenvalue weighted by molar-refractivity contribution is 8.30. The van der Waals surface area contributed by atoms with E-state index in [0.29, 0.717) is 11.0 Å². The summed E-state index contributed by atoms with van der Waals surface area (Å²) in [5.41, 5.74) is -0.246. The van der Waals surface area contributed by atoms with Crippen LogP contribution in [-0.4, -0.2) is 16.6 Å². The Morgan fingerprint density at radius 2 is 2.00 bits per heavy atom. The molecule has 1 aromatic carbocycles. The fourth-order valence-electron chi connectivity index (χ4n) is 1.94. The first-order chi connectivity index (χ1) is 9.94. The maximum atomic E-state index is 12.5. The normalized spacial score (nSPS) is 18.4. The number of hydrogen-bond acceptors (Lipinski definition) is 3. The second kappa shape index (κ2) is 5.00. The maximum Gasteiger partial charge on any atom is 0.415 e. The molecule has 1 aromatic heterocycles. The second-order valence-electron chi connectivity index (χ2n) is 4.24. The van der Waals surface area contributed by atoms with Crippen LogP contribution in [0.2, 0.25) is 0 Å². The van der Waals surface area contributed by atoms with Crippen LogP contribution in [0.4, 0.5) is 13.2 Å². The minimum Gasteiger partial charge on any atom is -0.422 e. The number of nitrogens with zero attached hydrogens (tertiary/aromatic N) is 1. The number of para-hydroxylation sites is 1. The number of alkyl halides is 3. The fourth-order valence-corrected chi connectivity index (χ4v) is 3.31. The molecule has 0 N–H and O–H groups in total. The molecule has 3 nitrogen and oxygen atoms in total. The van der Waals surface area contributed by atoms with Crippen molar-refractivity contribution in [2.75, 3.05) is 0 Å². The van der Waals surface area contributed by atoms with Crippen molar-refractivity contribution < 1.29 is 17.6 Å². The second-order valence-corrected chi connectivity index (χ2v) is 5.87. The molecule has 1 atom stereocenters. The standard InChI is InChI=1S/C14H8F3NO2S/c15-14(16,17)8-21-6-5-18-12(21)10-7-9-3-1-2-4-11(9)20-13(10)19/h1-8H. The van der Waals surface area contributed by atoms with E-state index in [0.717, 1.165) is 0 Å². The summed E-state index contributed by atoms with van der Waals surface area (Å²) in [6.07, 6.45) is -3.16. The van der Waals surface area contributed by atoms with Crippen molar-refractivity contribution in [3.05, 3.63) is 57.9 Å². The van der Waals surface area contributed by atoms with E-state index in [9.17, 15) is 18.0 Å². The van der Waals surface area contributed by atoms with Crippen molar-refractivity contribution in [3.63, 3.8) is 0 Å². The monoisotopic (exact) mass is 311 g/mol. The van der Waals surface area contributed by atoms with E-state index < -0.39 is 22.3 Å². The average molecular weight is 311 g/mol. The molecule has 108 valence electrons. The van der Waals surface area contributed by atoms with Crippen LogP contribution in [0.1, 0.15) is 5.56 Å². The largest absolute Gasteiger partial charge is 0.422 e. The minimum absolute atomic E-state index is 0.0579. The Morgan fingerprint density at radius 1 is 1.24 bits per heavy atom. The SMILES string of the molecule is O=c1oc2ccccc2cc1C1=NC=CS1=CC(F)(F)F. The van der Waals surface area contributed by atoms with Crippen molar-refractivity contribution in [2.24, 2.45) is 4.99 Å². The lowest BCUT2D eigenvalue weighted by Crippen LogP contribution is -2.15. The van der Waals surface area contributed by atoms with E-state index in [1.807, 2.05) is 0 Å². The van der Waals surface area contributed by atoms with Crippen molar-refractivity contribution in [1.82, 2.24) is 0 Å². The molecule has 0 saturated heterocycles. The predicted molar refractivity (Wildman–Crippen MR) is 77.9 cm³/mol. The van der Waals surface area contributed by atoms with Crippen molar-refractivity contribution >= 4 is 31.9 Å². The molecule has 0 bridgehead atoms. The summed E-state index contributed by atoms with van der Waals surface area (Å²) in [6.45, 7) is 0. The molecule has 1 aliphatic rings. The Kier molecular flexibility index (Phi) is 3.29. The van der Waals surface area contributed by atoms with Crippen LogP contribution in [-0.2, 0) is 0 Å². The van der Waals surface area contributed by atoms with Crippen LogP contribution < -0.4 is 5.63 Å². The summed E-state index contributed by atoms with van der Waals surface area (Å²) in [5.74, 6) is 0. The maximum absolute atomic E-state index is 12.5. The van der Waals surface area contributed by atoms with Gasteiger partial charge in [0.25, 0.3) is 0 Å². The summed E-state index contributed by atoms with van der Waals surface area (Å²) in [4.78, 5) is 15.9. The van der Waals surface area contributed by atoms with E-state index in [4.69, 9.17) is 4.42 Å². The van der Waals surface area contributed by atoms with E-state index in [-0.39, 0.29) is 16.0 Å². The first kappa shape index (κ1) is 13.8. The molecule has 0 fully saturated rings. The summed E-state index contributed by atoms with van der Waals surface area (Å²) in [7, 11) is -1.38. The molecule has 21 heavy (non-hydrogen) atoms. The summed E-state index contributed by atoms with van der Waals surface area (Å²) < 4.78 is 42.7. The highest BCUT2D eigenvalue weighted by Gasteiger charge is 2.27. The number of hydrogen-bond donors (Lipinski definition) is 0. The minimum atomic E-state index is -4.43. The molecule has 1 unspecified atom stereocenters.